The van der Waals surface area contributed by atoms with E-state index in [1.807, 2.05) is 49.4 Å². The monoisotopic (exact) mass is 404 g/mol. The van der Waals surface area contributed by atoms with Crippen molar-refractivity contribution in [3.05, 3.63) is 88.9 Å². The molecule has 2 amide bonds. The summed E-state index contributed by atoms with van der Waals surface area (Å²) in [7, 11) is 0. The van der Waals surface area contributed by atoms with Gasteiger partial charge in [0.2, 0.25) is 0 Å². The zero-order valence-electron chi connectivity index (χ0n) is 18.6. The number of nitrogens with zero attached hydrogens (tertiary/aromatic N) is 1. The number of anilines is 1. The fraction of sp³-hybridized carbons (Fsp3) is 0.346. The van der Waals surface area contributed by atoms with E-state index >= 15 is 0 Å². The molecule has 0 unspecified atom stereocenters. The smallest absolute Gasteiger partial charge is 0.322 e. The first-order chi connectivity index (χ1) is 14.3. The Morgan fingerprint density at radius 3 is 2.03 bits per heavy atom. The molecular weight excluding hydrogens is 372 g/mol. The van der Waals surface area contributed by atoms with Gasteiger partial charge in [0.15, 0.2) is 0 Å². The zero-order valence-corrected chi connectivity index (χ0v) is 18.6. The lowest BCUT2D eigenvalue weighted by atomic mass is 9.93. The maximum absolute atomic E-state index is 13.5. The molecule has 4 nitrogen and oxygen atoms in total. The first kappa shape index (κ1) is 21.7. The van der Waals surface area contributed by atoms with E-state index in [9.17, 15) is 4.79 Å². The van der Waals surface area contributed by atoms with E-state index in [1.54, 1.807) is 4.90 Å². The number of hydrogen-bond donors (Lipinski definition) is 1. The van der Waals surface area contributed by atoms with E-state index in [0.717, 1.165) is 33.9 Å². The van der Waals surface area contributed by atoms with Crippen LogP contribution in [-0.2, 0) is 13.1 Å². The summed E-state index contributed by atoms with van der Waals surface area (Å²) in [6.07, 6.45) is 0. The van der Waals surface area contributed by atoms with Gasteiger partial charge in [0.25, 0.3) is 0 Å². The van der Waals surface area contributed by atoms with E-state index in [-0.39, 0.29) is 6.03 Å². The largest absolute Gasteiger partial charge is 0.464 e. The quantitative estimate of drug-likeness (QED) is 0.458. The van der Waals surface area contributed by atoms with E-state index in [2.05, 4.69) is 51.2 Å². The predicted octanol–water partition coefficient (Wildman–Crippen LogP) is 7.07. The van der Waals surface area contributed by atoms with Crippen molar-refractivity contribution in [1.29, 1.82) is 0 Å². The molecule has 0 fully saturated rings. The molecule has 4 heteroatoms. The number of para-hydroxylation sites is 1. The topological polar surface area (TPSA) is 45.5 Å². The lowest BCUT2D eigenvalue weighted by molar-refractivity contribution is 0.201. The zero-order chi connectivity index (χ0) is 21.7. The van der Waals surface area contributed by atoms with Crippen LogP contribution in [0, 0.1) is 6.92 Å². The van der Waals surface area contributed by atoms with Crippen LogP contribution in [0.3, 0.4) is 0 Å². The third-order valence-corrected chi connectivity index (χ3v) is 5.25. The van der Waals surface area contributed by atoms with Crippen LogP contribution in [0.5, 0.6) is 0 Å². The van der Waals surface area contributed by atoms with Crippen molar-refractivity contribution in [2.45, 2.75) is 59.5 Å². The first-order valence-electron chi connectivity index (χ1n) is 10.6. The Hall–Kier alpha value is -3.01. The Bertz CT molecular complexity index is 947. The number of aryl methyl sites for hydroxylation is 1. The second kappa shape index (κ2) is 9.66. The average molecular weight is 405 g/mol. The van der Waals surface area contributed by atoms with Crippen molar-refractivity contribution in [2.75, 3.05) is 5.32 Å². The minimum Gasteiger partial charge on any atom is -0.464 e. The highest BCUT2D eigenvalue weighted by Crippen LogP contribution is 2.32. The van der Waals surface area contributed by atoms with Crippen molar-refractivity contribution in [1.82, 2.24) is 4.90 Å². The number of furan rings is 1. The van der Waals surface area contributed by atoms with Crippen LogP contribution in [0.25, 0.3) is 0 Å². The third kappa shape index (κ3) is 5.32. The summed E-state index contributed by atoms with van der Waals surface area (Å²) in [5.74, 6) is 2.25. The lowest BCUT2D eigenvalue weighted by Crippen LogP contribution is -2.34. The van der Waals surface area contributed by atoms with Crippen LogP contribution in [-0.4, -0.2) is 10.9 Å². The van der Waals surface area contributed by atoms with Gasteiger partial charge >= 0.3 is 6.03 Å². The molecule has 1 aromatic heterocycles. The van der Waals surface area contributed by atoms with Gasteiger partial charge in [-0.2, -0.15) is 0 Å². The van der Waals surface area contributed by atoms with Gasteiger partial charge in [0.05, 0.1) is 6.54 Å². The van der Waals surface area contributed by atoms with Crippen molar-refractivity contribution in [3.8, 4) is 0 Å². The number of benzene rings is 2. The highest BCUT2D eigenvalue weighted by molar-refractivity contribution is 5.91. The van der Waals surface area contributed by atoms with Crippen LogP contribution >= 0.6 is 0 Å². The molecule has 0 aliphatic rings. The minimum atomic E-state index is -0.122. The fourth-order valence-electron chi connectivity index (χ4n) is 3.64. The van der Waals surface area contributed by atoms with Gasteiger partial charge < -0.3 is 14.6 Å². The molecule has 0 spiro atoms. The summed E-state index contributed by atoms with van der Waals surface area (Å²) in [5.41, 5.74) is 4.32. The molecule has 3 rings (SSSR count). The molecule has 3 aromatic rings. The van der Waals surface area contributed by atoms with Crippen molar-refractivity contribution in [3.63, 3.8) is 0 Å². The summed E-state index contributed by atoms with van der Waals surface area (Å²) in [5, 5.41) is 3.23. The van der Waals surface area contributed by atoms with Crippen molar-refractivity contribution in [2.24, 2.45) is 0 Å². The molecule has 1 N–H and O–H groups in total. The fourth-order valence-corrected chi connectivity index (χ4v) is 3.64. The highest BCUT2D eigenvalue weighted by Gasteiger charge is 2.21. The van der Waals surface area contributed by atoms with Gasteiger partial charge in [-0.25, -0.2) is 4.79 Å². The van der Waals surface area contributed by atoms with E-state index < -0.39 is 0 Å². The molecular formula is C26H32N2O2. The summed E-state index contributed by atoms with van der Waals surface area (Å²) in [6, 6.07) is 20.1. The molecule has 1 heterocycles. The number of rotatable bonds is 7. The third-order valence-electron chi connectivity index (χ3n) is 5.25. The molecule has 30 heavy (non-hydrogen) atoms. The van der Waals surface area contributed by atoms with Crippen LogP contribution in [0.4, 0.5) is 10.5 Å². The predicted molar refractivity (Wildman–Crippen MR) is 123 cm³/mol. The van der Waals surface area contributed by atoms with Gasteiger partial charge in [-0.05, 0) is 47.6 Å². The molecule has 0 saturated carbocycles. The molecule has 0 radical (unpaired) electrons. The number of nitrogens with one attached hydrogen (secondary N) is 1. The first-order valence-corrected chi connectivity index (χ1v) is 10.6. The highest BCUT2D eigenvalue weighted by atomic mass is 16.3. The van der Waals surface area contributed by atoms with Gasteiger partial charge in [0, 0.05) is 12.2 Å². The molecule has 0 atom stereocenters. The Morgan fingerprint density at radius 2 is 1.50 bits per heavy atom. The van der Waals surface area contributed by atoms with E-state index in [1.165, 1.54) is 0 Å². The number of carbonyl (C=O) groups excluding carboxylic acids is 1. The van der Waals surface area contributed by atoms with Crippen molar-refractivity contribution >= 4 is 11.7 Å². The maximum atomic E-state index is 13.5. The second-order valence-electron chi connectivity index (χ2n) is 8.41. The van der Waals surface area contributed by atoms with E-state index in [0.29, 0.717) is 24.9 Å². The second-order valence-corrected chi connectivity index (χ2v) is 8.41. The lowest BCUT2D eigenvalue weighted by Gasteiger charge is -2.26. The minimum absolute atomic E-state index is 0.122. The van der Waals surface area contributed by atoms with Crippen LogP contribution in [0.2, 0.25) is 0 Å². The number of urea groups is 1. The average Bonchev–Trinajstić information content (AvgIpc) is 3.12. The molecule has 0 bridgehead atoms. The van der Waals surface area contributed by atoms with Crippen molar-refractivity contribution < 1.29 is 9.21 Å². The normalized spacial score (nSPS) is 11.2. The number of amides is 2. The SMILES string of the molecule is Cc1ccc(CN(Cc2ccccc2)C(=O)Nc2c(C(C)C)cccc2C(C)C)o1. The summed E-state index contributed by atoms with van der Waals surface area (Å²) in [4.78, 5) is 15.3. The maximum Gasteiger partial charge on any atom is 0.322 e. The number of hydrogen-bond acceptors (Lipinski definition) is 2. The molecule has 0 aliphatic carbocycles. The Labute approximate surface area is 179 Å². The van der Waals surface area contributed by atoms with Gasteiger partial charge in [-0.15, -0.1) is 0 Å². The van der Waals surface area contributed by atoms with Gasteiger partial charge in [-0.3, -0.25) is 0 Å². The molecule has 0 saturated heterocycles. The van der Waals surface area contributed by atoms with Gasteiger partial charge in [-0.1, -0.05) is 76.2 Å². The summed E-state index contributed by atoms with van der Waals surface area (Å²) < 4.78 is 5.75. The Balaban J connectivity index is 1.91. The molecule has 158 valence electrons. The standard InChI is InChI=1S/C26H32N2O2/c1-18(2)23-12-9-13-24(19(3)4)25(23)27-26(29)28(16-21-10-7-6-8-11-21)17-22-15-14-20(5)30-22/h6-15,18-19H,16-17H2,1-5H3,(H,27,29). The summed E-state index contributed by atoms with van der Waals surface area (Å²) in [6.45, 7) is 11.5. The number of carbonyl (C=O) groups is 1. The molecule has 0 aliphatic heterocycles. The van der Waals surface area contributed by atoms with Crippen LogP contribution < -0.4 is 5.32 Å². The Kier molecular flexibility index (Phi) is 6.99. The molecule has 2 aromatic carbocycles. The van der Waals surface area contributed by atoms with E-state index in [4.69, 9.17) is 4.42 Å². The van der Waals surface area contributed by atoms with Gasteiger partial charge in [0.1, 0.15) is 11.5 Å². The summed E-state index contributed by atoms with van der Waals surface area (Å²) >= 11 is 0. The Morgan fingerprint density at radius 1 is 0.867 bits per heavy atom. The van der Waals surface area contributed by atoms with Crippen LogP contribution in [0.1, 0.15) is 67.7 Å². The van der Waals surface area contributed by atoms with Crippen LogP contribution in [0.15, 0.2) is 65.1 Å².